The quantitative estimate of drug-likeness (QED) is 0.0862. The zero-order valence-electron chi connectivity index (χ0n) is 24.1. The van der Waals surface area contributed by atoms with Gasteiger partial charge in [0.1, 0.15) is 0 Å². The molecule has 2 unspecified atom stereocenters. The van der Waals surface area contributed by atoms with Crippen molar-refractivity contribution in [1.29, 1.82) is 0 Å². The standard InChI is InChI=1S/C32H64O2/c1-5-8-11-13-14-15-16-17-18-19-20-22-24-26-30(4)32(33)34-29-31(27-23-10-7-3)28-25-21-12-9-6-2/h30-31H,5-29H2,1-4H3. The lowest BCUT2D eigenvalue weighted by Crippen LogP contribution is -2.19. The number of hydrogen-bond acceptors (Lipinski definition) is 2. The van der Waals surface area contributed by atoms with Gasteiger partial charge in [-0.05, 0) is 25.2 Å². The lowest BCUT2D eigenvalue weighted by atomic mass is 9.95. The van der Waals surface area contributed by atoms with Crippen LogP contribution in [-0.4, -0.2) is 12.6 Å². The van der Waals surface area contributed by atoms with Gasteiger partial charge in [-0.2, -0.15) is 0 Å². The van der Waals surface area contributed by atoms with Crippen LogP contribution >= 0.6 is 0 Å². The molecular weight excluding hydrogens is 416 g/mol. The predicted octanol–water partition coefficient (Wildman–Crippen LogP) is 11.2. The molecule has 0 rings (SSSR count). The van der Waals surface area contributed by atoms with E-state index in [0.717, 1.165) is 6.42 Å². The molecule has 0 N–H and O–H groups in total. The average Bonchev–Trinajstić information content (AvgIpc) is 2.84. The summed E-state index contributed by atoms with van der Waals surface area (Å²) in [5.41, 5.74) is 0. The first-order valence-corrected chi connectivity index (χ1v) is 15.8. The van der Waals surface area contributed by atoms with Gasteiger partial charge < -0.3 is 4.74 Å². The van der Waals surface area contributed by atoms with Crippen molar-refractivity contribution in [1.82, 2.24) is 0 Å². The number of carbonyl (C=O) groups excluding carboxylic acids is 1. The highest BCUT2D eigenvalue weighted by molar-refractivity contribution is 5.71. The Hall–Kier alpha value is -0.530. The first kappa shape index (κ1) is 33.5. The lowest BCUT2D eigenvalue weighted by molar-refractivity contribution is -0.149. The first-order valence-electron chi connectivity index (χ1n) is 15.8. The molecule has 2 nitrogen and oxygen atoms in total. The number of hydrogen-bond donors (Lipinski definition) is 0. The summed E-state index contributed by atoms with van der Waals surface area (Å²) >= 11 is 0. The highest BCUT2D eigenvalue weighted by Gasteiger charge is 2.17. The Morgan fingerprint density at radius 3 is 1.26 bits per heavy atom. The molecule has 0 saturated heterocycles. The molecule has 0 aromatic rings. The summed E-state index contributed by atoms with van der Waals surface area (Å²) in [6.45, 7) is 9.54. The fourth-order valence-electron chi connectivity index (χ4n) is 4.96. The van der Waals surface area contributed by atoms with E-state index < -0.39 is 0 Å². The summed E-state index contributed by atoms with van der Waals surface area (Å²) in [4.78, 5) is 12.5. The summed E-state index contributed by atoms with van der Waals surface area (Å²) in [6, 6.07) is 0. The number of ether oxygens (including phenoxy) is 1. The zero-order valence-corrected chi connectivity index (χ0v) is 24.1. The van der Waals surface area contributed by atoms with Crippen molar-refractivity contribution in [2.75, 3.05) is 6.61 Å². The average molecular weight is 481 g/mol. The highest BCUT2D eigenvalue weighted by Crippen LogP contribution is 2.20. The Morgan fingerprint density at radius 2 is 0.824 bits per heavy atom. The molecule has 0 saturated carbocycles. The first-order chi connectivity index (χ1) is 16.7. The molecule has 0 aliphatic carbocycles. The van der Waals surface area contributed by atoms with Crippen LogP contribution in [0, 0.1) is 11.8 Å². The minimum absolute atomic E-state index is 0.0467. The van der Waals surface area contributed by atoms with E-state index in [0.29, 0.717) is 12.5 Å². The molecule has 0 bridgehead atoms. The molecule has 0 aromatic carbocycles. The van der Waals surface area contributed by atoms with E-state index in [-0.39, 0.29) is 11.9 Å². The van der Waals surface area contributed by atoms with Crippen molar-refractivity contribution in [3.63, 3.8) is 0 Å². The van der Waals surface area contributed by atoms with E-state index >= 15 is 0 Å². The highest BCUT2D eigenvalue weighted by atomic mass is 16.5. The van der Waals surface area contributed by atoms with Gasteiger partial charge in [0.05, 0.1) is 12.5 Å². The van der Waals surface area contributed by atoms with Gasteiger partial charge >= 0.3 is 5.97 Å². The van der Waals surface area contributed by atoms with Gasteiger partial charge in [-0.3, -0.25) is 4.79 Å². The van der Waals surface area contributed by atoms with Crippen LogP contribution in [0.1, 0.15) is 182 Å². The summed E-state index contributed by atoms with van der Waals surface area (Å²) in [7, 11) is 0. The van der Waals surface area contributed by atoms with Gasteiger partial charge in [0, 0.05) is 0 Å². The molecule has 0 aliphatic heterocycles. The molecule has 0 aromatic heterocycles. The zero-order chi connectivity index (χ0) is 25.1. The third kappa shape index (κ3) is 23.2. The Bertz CT molecular complexity index is 406. The van der Waals surface area contributed by atoms with E-state index in [4.69, 9.17) is 4.74 Å². The predicted molar refractivity (Wildman–Crippen MR) is 151 cm³/mol. The molecule has 2 heteroatoms. The molecule has 204 valence electrons. The van der Waals surface area contributed by atoms with Crippen molar-refractivity contribution in [3.8, 4) is 0 Å². The molecule has 0 amide bonds. The second kappa shape index (κ2) is 27.1. The number of rotatable bonds is 27. The van der Waals surface area contributed by atoms with Crippen LogP contribution in [0.3, 0.4) is 0 Å². The molecule has 0 radical (unpaired) electrons. The topological polar surface area (TPSA) is 26.3 Å². The van der Waals surface area contributed by atoms with Crippen molar-refractivity contribution in [3.05, 3.63) is 0 Å². The van der Waals surface area contributed by atoms with Crippen LogP contribution < -0.4 is 0 Å². The van der Waals surface area contributed by atoms with Gasteiger partial charge in [-0.1, -0.05) is 163 Å². The summed E-state index contributed by atoms with van der Waals surface area (Å²) in [5, 5.41) is 0. The molecular formula is C32H64O2. The van der Waals surface area contributed by atoms with Crippen LogP contribution in [0.5, 0.6) is 0 Å². The summed E-state index contributed by atoms with van der Waals surface area (Å²) in [6.07, 6.45) is 31.8. The molecule has 0 aliphatic rings. The van der Waals surface area contributed by atoms with Crippen LogP contribution in [0.25, 0.3) is 0 Å². The summed E-state index contributed by atoms with van der Waals surface area (Å²) in [5.74, 6) is 0.680. The minimum atomic E-state index is 0.0467. The molecule has 34 heavy (non-hydrogen) atoms. The fourth-order valence-corrected chi connectivity index (χ4v) is 4.96. The fraction of sp³-hybridized carbons (Fsp3) is 0.969. The van der Waals surface area contributed by atoms with Crippen LogP contribution in [-0.2, 0) is 9.53 Å². The number of carbonyl (C=O) groups is 1. The van der Waals surface area contributed by atoms with Crippen molar-refractivity contribution in [2.45, 2.75) is 182 Å². The Kier molecular flexibility index (Phi) is 26.6. The number of unbranched alkanes of at least 4 members (excludes halogenated alkanes) is 18. The van der Waals surface area contributed by atoms with E-state index in [9.17, 15) is 4.79 Å². The van der Waals surface area contributed by atoms with Gasteiger partial charge in [-0.15, -0.1) is 0 Å². The van der Waals surface area contributed by atoms with E-state index in [2.05, 4.69) is 27.7 Å². The van der Waals surface area contributed by atoms with Gasteiger partial charge in [0.15, 0.2) is 0 Å². The van der Waals surface area contributed by atoms with Gasteiger partial charge in [-0.25, -0.2) is 0 Å². The normalized spacial score (nSPS) is 13.2. The number of esters is 1. The van der Waals surface area contributed by atoms with E-state index in [1.54, 1.807) is 0 Å². The molecule has 0 spiro atoms. The van der Waals surface area contributed by atoms with Gasteiger partial charge in [0.25, 0.3) is 0 Å². The Balaban J connectivity index is 3.77. The largest absolute Gasteiger partial charge is 0.465 e. The van der Waals surface area contributed by atoms with Crippen molar-refractivity contribution >= 4 is 5.97 Å². The Labute approximate surface area is 215 Å². The SMILES string of the molecule is CCCCCCCCCCCCCCCC(C)C(=O)OCC(CCCCC)CCCCCCC. The van der Waals surface area contributed by atoms with Crippen molar-refractivity contribution < 1.29 is 9.53 Å². The third-order valence-electron chi connectivity index (χ3n) is 7.54. The molecule has 2 atom stereocenters. The molecule has 0 heterocycles. The maximum Gasteiger partial charge on any atom is 0.308 e. The second-order valence-electron chi connectivity index (χ2n) is 11.1. The Morgan fingerprint density at radius 1 is 0.500 bits per heavy atom. The molecule has 0 fully saturated rings. The van der Waals surface area contributed by atoms with Gasteiger partial charge in [0.2, 0.25) is 0 Å². The smallest absolute Gasteiger partial charge is 0.308 e. The van der Waals surface area contributed by atoms with Crippen LogP contribution in [0.15, 0.2) is 0 Å². The van der Waals surface area contributed by atoms with Crippen molar-refractivity contribution in [2.24, 2.45) is 11.8 Å². The maximum absolute atomic E-state index is 12.5. The minimum Gasteiger partial charge on any atom is -0.465 e. The van der Waals surface area contributed by atoms with Crippen LogP contribution in [0.2, 0.25) is 0 Å². The monoisotopic (exact) mass is 480 g/mol. The maximum atomic E-state index is 12.5. The van der Waals surface area contributed by atoms with Crippen LogP contribution in [0.4, 0.5) is 0 Å². The van der Waals surface area contributed by atoms with E-state index in [1.807, 2.05) is 0 Å². The summed E-state index contributed by atoms with van der Waals surface area (Å²) < 4.78 is 5.80. The third-order valence-corrected chi connectivity index (χ3v) is 7.54. The van der Waals surface area contributed by atoms with E-state index in [1.165, 1.54) is 148 Å². The second-order valence-corrected chi connectivity index (χ2v) is 11.1. The lowest BCUT2D eigenvalue weighted by Gasteiger charge is -2.19.